The summed E-state index contributed by atoms with van der Waals surface area (Å²) in [6, 6.07) is 3.50. The minimum atomic E-state index is -0.0603. The van der Waals surface area contributed by atoms with Crippen LogP contribution < -0.4 is 5.73 Å². The van der Waals surface area contributed by atoms with Crippen LogP contribution in [0.5, 0.6) is 0 Å². The first-order valence-corrected chi connectivity index (χ1v) is 6.89. The van der Waals surface area contributed by atoms with Crippen molar-refractivity contribution in [2.24, 2.45) is 5.92 Å². The molecule has 1 amide bonds. The van der Waals surface area contributed by atoms with E-state index in [-0.39, 0.29) is 11.9 Å². The van der Waals surface area contributed by atoms with Gasteiger partial charge in [-0.2, -0.15) is 0 Å². The Morgan fingerprint density at radius 3 is 2.32 bits per heavy atom. The first-order chi connectivity index (χ1) is 8.99. The molecule has 5 nitrogen and oxygen atoms in total. The lowest BCUT2D eigenvalue weighted by atomic mass is 10.1. The maximum absolute atomic E-state index is 12.5. The van der Waals surface area contributed by atoms with Crippen LogP contribution in [0.3, 0.4) is 0 Å². The van der Waals surface area contributed by atoms with E-state index in [1.54, 1.807) is 12.1 Å². The number of nitrogens with two attached hydrogens (primary N) is 1. The fourth-order valence-corrected chi connectivity index (χ4v) is 2.12. The average Bonchev–Trinajstić information content (AvgIpc) is 2.38. The van der Waals surface area contributed by atoms with E-state index in [4.69, 9.17) is 5.73 Å². The average molecular weight is 264 g/mol. The van der Waals surface area contributed by atoms with Gasteiger partial charge in [0.05, 0.1) is 0 Å². The number of rotatable bonds is 6. The van der Waals surface area contributed by atoms with Gasteiger partial charge in [-0.05, 0) is 30.9 Å². The van der Waals surface area contributed by atoms with Crippen LogP contribution in [0.15, 0.2) is 12.1 Å². The van der Waals surface area contributed by atoms with E-state index in [0.717, 1.165) is 19.4 Å². The quantitative estimate of drug-likeness (QED) is 0.856. The van der Waals surface area contributed by atoms with Gasteiger partial charge >= 0.3 is 0 Å². The van der Waals surface area contributed by atoms with Crippen molar-refractivity contribution in [2.75, 3.05) is 12.3 Å². The molecule has 0 spiro atoms. The normalized spacial score (nSPS) is 11.1. The highest BCUT2D eigenvalue weighted by atomic mass is 16.2. The van der Waals surface area contributed by atoms with Gasteiger partial charge in [0, 0.05) is 12.6 Å². The number of nitrogen functional groups attached to an aromatic ring is 1. The third kappa shape index (κ3) is 4.19. The first kappa shape index (κ1) is 15.4. The van der Waals surface area contributed by atoms with Crippen molar-refractivity contribution in [1.82, 2.24) is 15.1 Å². The van der Waals surface area contributed by atoms with E-state index < -0.39 is 0 Å². The van der Waals surface area contributed by atoms with Gasteiger partial charge in [-0.1, -0.05) is 27.7 Å². The molecule has 0 saturated carbocycles. The molecule has 0 bridgehead atoms. The lowest BCUT2D eigenvalue weighted by Crippen LogP contribution is -2.42. The second-order valence-electron chi connectivity index (χ2n) is 5.17. The van der Waals surface area contributed by atoms with Crippen molar-refractivity contribution in [2.45, 2.75) is 46.6 Å². The van der Waals surface area contributed by atoms with Crippen LogP contribution in [-0.2, 0) is 0 Å². The highest BCUT2D eigenvalue weighted by Crippen LogP contribution is 2.15. The van der Waals surface area contributed by atoms with Crippen LogP contribution >= 0.6 is 0 Å². The molecular formula is C14H24N4O. The molecule has 0 aromatic carbocycles. The zero-order valence-corrected chi connectivity index (χ0v) is 12.3. The Labute approximate surface area is 115 Å². The molecule has 19 heavy (non-hydrogen) atoms. The van der Waals surface area contributed by atoms with Gasteiger partial charge in [0.15, 0.2) is 5.69 Å². The number of amides is 1. The Balaban J connectivity index is 2.96. The fourth-order valence-electron chi connectivity index (χ4n) is 2.12. The first-order valence-electron chi connectivity index (χ1n) is 6.89. The summed E-state index contributed by atoms with van der Waals surface area (Å²) in [7, 11) is 0. The van der Waals surface area contributed by atoms with E-state index in [0.29, 0.717) is 17.4 Å². The third-order valence-electron chi connectivity index (χ3n) is 3.11. The van der Waals surface area contributed by atoms with Gasteiger partial charge < -0.3 is 10.6 Å². The Morgan fingerprint density at radius 1 is 1.26 bits per heavy atom. The number of hydrogen-bond acceptors (Lipinski definition) is 4. The molecule has 1 rings (SSSR count). The lowest BCUT2D eigenvalue weighted by Gasteiger charge is -2.31. The maximum atomic E-state index is 12.5. The minimum Gasteiger partial charge on any atom is -0.382 e. The number of carbonyl (C=O) groups is 1. The van der Waals surface area contributed by atoms with E-state index in [9.17, 15) is 4.79 Å². The number of aromatic nitrogens is 2. The second-order valence-corrected chi connectivity index (χ2v) is 5.17. The summed E-state index contributed by atoms with van der Waals surface area (Å²) < 4.78 is 0. The number of carbonyl (C=O) groups excluding carboxylic acids is 1. The van der Waals surface area contributed by atoms with Crippen LogP contribution in [-0.4, -0.2) is 33.6 Å². The second kappa shape index (κ2) is 7.07. The standard InChI is InChI=1S/C14H24N4O/c1-5-11(6-2)18(9-10(3)4)14(19)12-7-8-13(15)17-16-12/h7-8,10-11H,5-6,9H2,1-4H3,(H2,15,17). The summed E-state index contributed by atoms with van der Waals surface area (Å²) in [6.07, 6.45) is 1.88. The largest absolute Gasteiger partial charge is 0.382 e. The minimum absolute atomic E-state index is 0.0603. The van der Waals surface area contributed by atoms with Crippen molar-refractivity contribution in [3.8, 4) is 0 Å². The smallest absolute Gasteiger partial charge is 0.274 e. The highest BCUT2D eigenvalue weighted by molar-refractivity contribution is 5.92. The maximum Gasteiger partial charge on any atom is 0.274 e. The van der Waals surface area contributed by atoms with E-state index in [1.165, 1.54) is 0 Å². The van der Waals surface area contributed by atoms with Crippen molar-refractivity contribution < 1.29 is 4.79 Å². The molecule has 0 aliphatic carbocycles. The van der Waals surface area contributed by atoms with Gasteiger partial charge in [0.25, 0.3) is 5.91 Å². The molecule has 106 valence electrons. The van der Waals surface area contributed by atoms with Crippen molar-refractivity contribution in [3.05, 3.63) is 17.8 Å². The van der Waals surface area contributed by atoms with Crippen LogP contribution in [0.4, 0.5) is 5.82 Å². The summed E-state index contributed by atoms with van der Waals surface area (Å²) in [5.41, 5.74) is 5.86. The molecule has 2 N–H and O–H groups in total. The highest BCUT2D eigenvalue weighted by Gasteiger charge is 2.24. The van der Waals surface area contributed by atoms with Crippen molar-refractivity contribution in [3.63, 3.8) is 0 Å². The third-order valence-corrected chi connectivity index (χ3v) is 3.11. The SMILES string of the molecule is CCC(CC)N(CC(C)C)C(=O)c1ccc(N)nn1. The van der Waals surface area contributed by atoms with Crippen molar-refractivity contribution in [1.29, 1.82) is 0 Å². The fraction of sp³-hybridized carbons (Fsp3) is 0.643. The zero-order chi connectivity index (χ0) is 14.4. The molecule has 0 aliphatic rings. The molecule has 0 radical (unpaired) electrons. The summed E-state index contributed by atoms with van der Waals surface area (Å²) in [5, 5.41) is 7.64. The molecule has 0 atom stereocenters. The molecule has 0 unspecified atom stereocenters. The van der Waals surface area contributed by atoms with Crippen molar-refractivity contribution >= 4 is 11.7 Å². The van der Waals surface area contributed by atoms with E-state index in [1.807, 2.05) is 4.90 Å². The number of anilines is 1. The topological polar surface area (TPSA) is 72.1 Å². The summed E-state index contributed by atoms with van der Waals surface area (Å²) >= 11 is 0. The Hall–Kier alpha value is -1.65. The Kier molecular flexibility index (Phi) is 5.73. The molecule has 1 aromatic heterocycles. The summed E-state index contributed by atoms with van der Waals surface area (Å²) in [4.78, 5) is 14.4. The monoisotopic (exact) mass is 264 g/mol. The van der Waals surface area contributed by atoms with E-state index >= 15 is 0 Å². The molecule has 1 aromatic rings. The van der Waals surface area contributed by atoms with Gasteiger partial charge in [0.2, 0.25) is 0 Å². The summed E-state index contributed by atoms with van der Waals surface area (Å²) in [5.74, 6) is 0.690. The molecule has 0 aliphatic heterocycles. The zero-order valence-electron chi connectivity index (χ0n) is 12.3. The van der Waals surface area contributed by atoms with Gasteiger partial charge in [-0.25, -0.2) is 0 Å². The van der Waals surface area contributed by atoms with Crippen LogP contribution in [0, 0.1) is 5.92 Å². The van der Waals surface area contributed by atoms with Crippen LogP contribution in [0.2, 0.25) is 0 Å². The molecule has 5 heteroatoms. The van der Waals surface area contributed by atoms with Gasteiger partial charge in [-0.15, -0.1) is 10.2 Å². The van der Waals surface area contributed by atoms with Crippen LogP contribution in [0.1, 0.15) is 51.0 Å². The van der Waals surface area contributed by atoms with E-state index in [2.05, 4.69) is 37.9 Å². The predicted molar refractivity (Wildman–Crippen MR) is 76.7 cm³/mol. The molecule has 0 saturated heterocycles. The Bertz CT molecular complexity index is 398. The van der Waals surface area contributed by atoms with Crippen LogP contribution in [0.25, 0.3) is 0 Å². The molecule has 0 fully saturated rings. The summed E-state index contributed by atoms with van der Waals surface area (Å²) in [6.45, 7) is 9.15. The van der Waals surface area contributed by atoms with Gasteiger partial charge in [0.1, 0.15) is 5.82 Å². The molecule has 1 heterocycles. The number of hydrogen-bond donors (Lipinski definition) is 1. The lowest BCUT2D eigenvalue weighted by molar-refractivity contribution is 0.0633. The predicted octanol–water partition coefficient (Wildman–Crippen LogP) is 2.35. The Morgan fingerprint density at radius 2 is 1.89 bits per heavy atom. The number of nitrogens with zero attached hydrogens (tertiary/aromatic N) is 3. The van der Waals surface area contributed by atoms with Gasteiger partial charge in [-0.3, -0.25) is 4.79 Å². The molecular weight excluding hydrogens is 240 g/mol.